The normalized spacial score (nSPS) is 21.3. The van der Waals surface area contributed by atoms with Crippen molar-refractivity contribution in [2.75, 3.05) is 12.9 Å². The largest absolute Gasteiger partial charge is 0.497 e. The zero-order valence-corrected chi connectivity index (χ0v) is 12.0. The molecule has 1 aliphatic heterocycles. The second-order valence-corrected chi connectivity index (χ2v) is 5.78. The monoisotopic (exact) mass is 264 g/mol. The average Bonchev–Trinajstić information content (AvgIpc) is 2.86. The van der Waals surface area contributed by atoms with Crippen LogP contribution in [0.4, 0.5) is 0 Å². The molecule has 1 aliphatic rings. The Bertz CT molecular complexity index is 414. The molecule has 0 spiro atoms. The molecular formula is C14H20N2OS. The molecule has 1 N–H and O–H groups in total. The molecule has 1 fully saturated rings. The minimum absolute atomic E-state index is 0.560. The van der Waals surface area contributed by atoms with Gasteiger partial charge in [-0.25, -0.2) is 0 Å². The molecule has 1 heterocycles. The number of amidine groups is 1. The molecule has 1 atom stereocenters. The fourth-order valence-corrected chi connectivity index (χ4v) is 2.95. The Hall–Kier alpha value is -1.16. The van der Waals surface area contributed by atoms with Crippen LogP contribution in [-0.2, 0) is 6.54 Å². The number of rotatable bonds is 4. The molecular weight excluding hydrogens is 244 g/mol. The Morgan fingerprint density at radius 2 is 2.11 bits per heavy atom. The summed E-state index contributed by atoms with van der Waals surface area (Å²) in [4.78, 5) is 4.61. The van der Waals surface area contributed by atoms with E-state index < -0.39 is 0 Å². The first-order valence-corrected chi connectivity index (χ1v) is 7.24. The standard InChI is InChI=1S/C14H20N2OS/c1-10(2)13-9-18-14(16-13)15-8-11-4-6-12(17-3)7-5-11/h4-7,10,13H,8-9H2,1-3H3,(H,15,16). The Balaban J connectivity index is 1.90. The third-order valence-electron chi connectivity index (χ3n) is 3.08. The van der Waals surface area contributed by atoms with Crippen molar-refractivity contribution in [1.82, 2.24) is 5.32 Å². The van der Waals surface area contributed by atoms with Crippen LogP contribution in [0.5, 0.6) is 5.75 Å². The van der Waals surface area contributed by atoms with Gasteiger partial charge in [-0.2, -0.15) is 0 Å². The predicted octanol–water partition coefficient (Wildman–Crippen LogP) is 2.91. The van der Waals surface area contributed by atoms with Crippen molar-refractivity contribution in [3.05, 3.63) is 29.8 Å². The van der Waals surface area contributed by atoms with Gasteiger partial charge in [0.2, 0.25) is 0 Å². The summed E-state index contributed by atoms with van der Waals surface area (Å²) >= 11 is 1.82. The Labute approximate surface area is 113 Å². The van der Waals surface area contributed by atoms with Crippen LogP contribution in [0.25, 0.3) is 0 Å². The van der Waals surface area contributed by atoms with E-state index in [1.165, 1.54) is 5.56 Å². The maximum atomic E-state index is 5.14. The number of ether oxygens (including phenoxy) is 1. The smallest absolute Gasteiger partial charge is 0.157 e. The summed E-state index contributed by atoms with van der Waals surface area (Å²) in [5.41, 5.74) is 1.21. The number of nitrogens with zero attached hydrogens (tertiary/aromatic N) is 1. The highest BCUT2D eigenvalue weighted by Gasteiger charge is 2.22. The minimum Gasteiger partial charge on any atom is -0.497 e. The van der Waals surface area contributed by atoms with Gasteiger partial charge in [0, 0.05) is 11.8 Å². The molecule has 0 saturated carbocycles. The van der Waals surface area contributed by atoms with Gasteiger partial charge in [0.15, 0.2) is 5.17 Å². The highest BCUT2D eigenvalue weighted by atomic mass is 32.2. The van der Waals surface area contributed by atoms with Gasteiger partial charge >= 0.3 is 0 Å². The zero-order chi connectivity index (χ0) is 13.0. The third-order valence-corrected chi connectivity index (χ3v) is 4.12. The van der Waals surface area contributed by atoms with Crippen LogP contribution in [0, 0.1) is 5.92 Å². The molecule has 1 aromatic rings. The van der Waals surface area contributed by atoms with E-state index in [-0.39, 0.29) is 0 Å². The van der Waals surface area contributed by atoms with Gasteiger partial charge in [-0.1, -0.05) is 37.7 Å². The Morgan fingerprint density at radius 1 is 1.39 bits per heavy atom. The first kappa shape index (κ1) is 13.3. The maximum absolute atomic E-state index is 5.14. The highest BCUT2D eigenvalue weighted by Crippen LogP contribution is 2.20. The Morgan fingerprint density at radius 3 is 2.67 bits per heavy atom. The number of aliphatic imine (C=N–C) groups is 1. The fourth-order valence-electron chi connectivity index (χ4n) is 1.76. The number of thioether (sulfide) groups is 1. The summed E-state index contributed by atoms with van der Waals surface area (Å²) in [7, 11) is 1.68. The quantitative estimate of drug-likeness (QED) is 0.908. The lowest BCUT2D eigenvalue weighted by molar-refractivity contribution is 0.414. The molecule has 1 unspecified atom stereocenters. The highest BCUT2D eigenvalue weighted by molar-refractivity contribution is 8.14. The summed E-state index contributed by atoms with van der Waals surface area (Å²) in [5.74, 6) is 2.67. The molecule has 0 bridgehead atoms. The molecule has 1 saturated heterocycles. The molecule has 98 valence electrons. The van der Waals surface area contributed by atoms with Gasteiger partial charge in [-0.05, 0) is 23.6 Å². The van der Waals surface area contributed by atoms with Crippen molar-refractivity contribution in [3.8, 4) is 5.75 Å². The second-order valence-electron chi connectivity index (χ2n) is 4.78. The van der Waals surface area contributed by atoms with E-state index in [2.05, 4.69) is 36.3 Å². The summed E-state index contributed by atoms with van der Waals surface area (Å²) in [6.45, 7) is 5.21. The van der Waals surface area contributed by atoms with E-state index in [1.807, 2.05) is 23.9 Å². The van der Waals surface area contributed by atoms with Crippen LogP contribution in [0.3, 0.4) is 0 Å². The van der Waals surface area contributed by atoms with Crippen molar-refractivity contribution in [1.29, 1.82) is 0 Å². The van der Waals surface area contributed by atoms with Crippen LogP contribution >= 0.6 is 11.8 Å². The molecule has 1 aromatic carbocycles. The van der Waals surface area contributed by atoms with Gasteiger partial charge in [0.1, 0.15) is 5.75 Å². The maximum Gasteiger partial charge on any atom is 0.157 e. The number of nitrogens with one attached hydrogen (secondary N) is 1. The summed E-state index contributed by atoms with van der Waals surface area (Å²) in [6, 6.07) is 8.62. The van der Waals surface area contributed by atoms with Gasteiger partial charge in [-0.3, -0.25) is 4.99 Å². The van der Waals surface area contributed by atoms with Crippen molar-refractivity contribution in [3.63, 3.8) is 0 Å². The molecule has 4 heteroatoms. The van der Waals surface area contributed by atoms with Gasteiger partial charge < -0.3 is 10.1 Å². The predicted molar refractivity (Wildman–Crippen MR) is 78.4 cm³/mol. The molecule has 3 nitrogen and oxygen atoms in total. The minimum atomic E-state index is 0.560. The van der Waals surface area contributed by atoms with Crippen LogP contribution in [0.15, 0.2) is 29.3 Å². The third kappa shape index (κ3) is 3.42. The van der Waals surface area contributed by atoms with Crippen molar-refractivity contribution in [2.45, 2.75) is 26.4 Å². The van der Waals surface area contributed by atoms with Gasteiger partial charge in [-0.15, -0.1) is 0 Å². The lowest BCUT2D eigenvalue weighted by atomic mass is 10.1. The lowest BCUT2D eigenvalue weighted by Gasteiger charge is -2.13. The van der Waals surface area contributed by atoms with Gasteiger partial charge in [0.05, 0.1) is 13.7 Å². The molecule has 0 aromatic heterocycles. The second kappa shape index (κ2) is 6.14. The molecule has 2 rings (SSSR count). The Kier molecular flexibility index (Phi) is 4.53. The van der Waals surface area contributed by atoms with Gasteiger partial charge in [0.25, 0.3) is 0 Å². The van der Waals surface area contributed by atoms with E-state index in [4.69, 9.17) is 4.74 Å². The molecule has 0 aliphatic carbocycles. The fraction of sp³-hybridized carbons (Fsp3) is 0.500. The number of hydrogen-bond acceptors (Lipinski definition) is 3. The summed E-state index contributed by atoms with van der Waals surface area (Å²) in [5, 5.41) is 4.55. The van der Waals surface area contributed by atoms with Crippen LogP contribution < -0.4 is 10.1 Å². The lowest BCUT2D eigenvalue weighted by Crippen LogP contribution is -2.31. The number of methoxy groups -OCH3 is 1. The van der Waals surface area contributed by atoms with E-state index in [0.717, 1.165) is 23.2 Å². The average molecular weight is 264 g/mol. The summed E-state index contributed by atoms with van der Waals surface area (Å²) < 4.78 is 5.14. The van der Waals surface area contributed by atoms with Crippen molar-refractivity contribution < 1.29 is 4.74 Å². The zero-order valence-electron chi connectivity index (χ0n) is 11.1. The van der Waals surface area contributed by atoms with E-state index in [0.29, 0.717) is 12.0 Å². The molecule has 18 heavy (non-hydrogen) atoms. The topological polar surface area (TPSA) is 33.6 Å². The van der Waals surface area contributed by atoms with E-state index in [1.54, 1.807) is 7.11 Å². The molecule has 0 amide bonds. The summed E-state index contributed by atoms with van der Waals surface area (Å²) in [6.07, 6.45) is 0. The number of benzene rings is 1. The molecule has 0 radical (unpaired) electrons. The van der Waals surface area contributed by atoms with Crippen LogP contribution in [0.1, 0.15) is 19.4 Å². The first-order chi connectivity index (χ1) is 8.69. The SMILES string of the molecule is COc1ccc(CN=C2NC(C(C)C)CS2)cc1. The van der Waals surface area contributed by atoms with Crippen LogP contribution in [-0.4, -0.2) is 24.1 Å². The first-order valence-electron chi connectivity index (χ1n) is 6.25. The van der Waals surface area contributed by atoms with E-state index in [9.17, 15) is 0 Å². The number of hydrogen-bond donors (Lipinski definition) is 1. The van der Waals surface area contributed by atoms with Crippen molar-refractivity contribution in [2.24, 2.45) is 10.9 Å². The van der Waals surface area contributed by atoms with Crippen molar-refractivity contribution >= 4 is 16.9 Å². The van der Waals surface area contributed by atoms with Crippen LogP contribution in [0.2, 0.25) is 0 Å². The van der Waals surface area contributed by atoms with E-state index >= 15 is 0 Å².